The maximum absolute atomic E-state index is 11.3. The van der Waals surface area contributed by atoms with Gasteiger partial charge in [0.25, 0.3) is 0 Å². The van der Waals surface area contributed by atoms with Gasteiger partial charge in [-0.15, -0.1) is 6.58 Å². The highest BCUT2D eigenvalue weighted by Gasteiger charge is 2.47. The van der Waals surface area contributed by atoms with Crippen LogP contribution in [0.25, 0.3) is 0 Å². The summed E-state index contributed by atoms with van der Waals surface area (Å²) in [6.45, 7) is 2.98. The predicted molar refractivity (Wildman–Crippen MR) is 83.3 cm³/mol. The van der Waals surface area contributed by atoms with E-state index in [1.807, 2.05) is 0 Å². The highest BCUT2D eigenvalue weighted by molar-refractivity contribution is 5.87. The van der Waals surface area contributed by atoms with Crippen LogP contribution in [-0.2, 0) is 23.8 Å². The molecule has 146 valence electrons. The Labute approximate surface area is 148 Å². The van der Waals surface area contributed by atoms with E-state index in [1.54, 1.807) is 0 Å². The first-order valence-electron chi connectivity index (χ1n) is 7.96. The summed E-state index contributed by atoms with van der Waals surface area (Å²) in [4.78, 5) is 22.2. The summed E-state index contributed by atoms with van der Waals surface area (Å²) in [5.41, 5.74) is -0.129. The third-order valence-corrected chi connectivity index (χ3v) is 4.49. The minimum Gasteiger partial charge on any atom is -0.478 e. The zero-order valence-electron chi connectivity index (χ0n) is 13.7. The van der Waals surface area contributed by atoms with E-state index in [0.29, 0.717) is 6.29 Å². The van der Waals surface area contributed by atoms with Gasteiger partial charge in [0.1, 0.15) is 30.7 Å². The Morgan fingerprint density at radius 3 is 2.46 bits per heavy atom. The number of aldehydes is 1. The number of aliphatic carboxylic acids is 1. The number of aliphatic hydroxyl groups is 4. The maximum atomic E-state index is 11.3. The third kappa shape index (κ3) is 3.95. The SMILES string of the molecule is C=CC1C(O[C@@H]2O[C@H](CO)[C@@H](O)[C@H](O)[C@H]2O)OC=C(C(=O)O)C1CC=O. The lowest BCUT2D eigenvalue weighted by Crippen LogP contribution is -2.60. The molecule has 2 aliphatic rings. The lowest BCUT2D eigenvalue weighted by Gasteiger charge is -2.42. The minimum absolute atomic E-state index is 0.118. The molecule has 2 aliphatic heterocycles. The molecule has 2 rings (SSSR count). The van der Waals surface area contributed by atoms with Crippen LogP contribution >= 0.6 is 0 Å². The van der Waals surface area contributed by atoms with Crippen molar-refractivity contribution in [2.45, 2.75) is 43.4 Å². The molecule has 0 radical (unpaired) electrons. The summed E-state index contributed by atoms with van der Waals surface area (Å²) in [6.07, 6.45) is -5.86. The van der Waals surface area contributed by atoms with Gasteiger partial charge in [0.15, 0.2) is 6.29 Å². The predicted octanol–water partition coefficient (Wildman–Crippen LogP) is -1.86. The van der Waals surface area contributed by atoms with Crippen molar-refractivity contribution in [1.29, 1.82) is 0 Å². The number of carbonyl (C=O) groups excluding carboxylic acids is 1. The van der Waals surface area contributed by atoms with Crippen LogP contribution < -0.4 is 0 Å². The lowest BCUT2D eigenvalue weighted by atomic mass is 9.82. The minimum atomic E-state index is -1.64. The molecule has 1 saturated heterocycles. The molecule has 0 aromatic heterocycles. The van der Waals surface area contributed by atoms with Crippen LogP contribution in [0.5, 0.6) is 0 Å². The monoisotopic (exact) mass is 374 g/mol. The molecule has 0 amide bonds. The summed E-state index contributed by atoms with van der Waals surface area (Å²) in [7, 11) is 0. The van der Waals surface area contributed by atoms with E-state index in [4.69, 9.17) is 14.2 Å². The number of carboxylic acid groups (broad SMARTS) is 1. The van der Waals surface area contributed by atoms with E-state index in [0.717, 1.165) is 6.26 Å². The van der Waals surface area contributed by atoms with Crippen molar-refractivity contribution in [2.75, 3.05) is 6.61 Å². The molecular weight excluding hydrogens is 352 g/mol. The summed E-state index contributed by atoms with van der Waals surface area (Å²) >= 11 is 0. The number of carboxylic acids is 1. The fourth-order valence-corrected chi connectivity index (χ4v) is 3.02. The molecule has 26 heavy (non-hydrogen) atoms. The van der Waals surface area contributed by atoms with Crippen molar-refractivity contribution in [3.63, 3.8) is 0 Å². The number of ether oxygens (including phenoxy) is 3. The summed E-state index contributed by atoms with van der Waals surface area (Å²) in [5.74, 6) is -2.79. The van der Waals surface area contributed by atoms with Gasteiger partial charge < -0.3 is 44.5 Å². The Balaban J connectivity index is 2.20. The Morgan fingerprint density at radius 1 is 1.23 bits per heavy atom. The Bertz CT molecular complexity index is 559. The highest BCUT2D eigenvalue weighted by atomic mass is 16.8. The Kier molecular flexibility index (Phi) is 6.87. The van der Waals surface area contributed by atoms with Gasteiger partial charge in [-0.05, 0) is 0 Å². The molecule has 5 N–H and O–H groups in total. The van der Waals surface area contributed by atoms with Gasteiger partial charge in [0.2, 0.25) is 6.29 Å². The van der Waals surface area contributed by atoms with Crippen LogP contribution in [0.3, 0.4) is 0 Å². The van der Waals surface area contributed by atoms with Gasteiger partial charge in [-0.1, -0.05) is 6.08 Å². The Morgan fingerprint density at radius 2 is 1.92 bits per heavy atom. The van der Waals surface area contributed by atoms with E-state index in [1.165, 1.54) is 6.08 Å². The van der Waals surface area contributed by atoms with E-state index >= 15 is 0 Å². The topological polar surface area (TPSA) is 163 Å². The lowest BCUT2D eigenvalue weighted by molar-refractivity contribution is -0.339. The van der Waals surface area contributed by atoms with Crippen molar-refractivity contribution in [1.82, 2.24) is 0 Å². The normalized spacial score (nSPS) is 40.2. The van der Waals surface area contributed by atoms with Gasteiger partial charge in [0.05, 0.1) is 18.4 Å². The van der Waals surface area contributed by atoms with Crippen molar-refractivity contribution in [3.05, 3.63) is 24.5 Å². The van der Waals surface area contributed by atoms with E-state index in [-0.39, 0.29) is 12.0 Å². The number of rotatable bonds is 7. The average Bonchev–Trinajstić information content (AvgIpc) is 2.62. The van der Waals surface area contributed by atoms with E-state index < -0.39 is 61.4 Å². The van der Waals surface area contributed by atoms with E-state index in [2.05, 4.69) is 6.58 Å². The van der Waals surface area contributed by atoms with Crippen molar-refractivity contribution >= 4 is 12.3 Å². The molecule has 8 atom stereocenters. The first kappa shape index (κ1) is 20.5. The standard InChI is InChI=1S/C16H22O10/c1-2-7-8(3-4-17)9(14(22)23)6-24-15(7)26-16-13(21)12(20)11(19)10(5-18)25-16/h2,4,6-8,10-13,15-16,18-21H,1,3,5H2,(H,22,23)/t7?,8?,10-,11-,12+,13-,15?,16+/m1/s1. The smallest absolute Gasteiger partial charge is 0.335 e. The molecule has 0 saturated carbocycles. The van der Waals surface area contributed by atoms with Crippen LogP contribution in [0.4, 0.5) is 0 Å². The summed E-state index contributed by atoms with van der Waals surface area (Å²) in [6, 6.07) is 0. The van der Waals surface area contributed by atoms with Crippen LogP contribution in [0.1, 0.15) is 6.42 Å². The van der Waals surface area contributed by atoms with Gasteiger partial charge in [-0.25, -0.2) is 4.79 Å². The van der Waals surface area contributed by atoms with Gasteiger partial charge in [-0.3, -0.25) is 0 Å². The van der Waals surface area contributed by atoms with Crippen molar-refractivity contribution in [3.8, 4) is 0 Å². The molecule has 10 heteroatoms. The molecule has 0 spiro atoms. The molecule has 1 fully saturated rings. The van der Waals surface area contributed by atoms with Gasteiger partial charge in [0, 0.05) is 18.3 Å². The van der Waals surface area contributed by atoms with E-state index in [9.17, 15) is 35.1 Å². The molecule has 0 bridgehead atoms. The number of carbonyl (C=O) groups is 2. The van der Waals surface area contributed by atoms with Crippen molar-refractivity contribution < 1.29 is 49.3 Å². The first-order valence-corrected chi connectivity index (χ1v) is 7.96. The van der Waals surface area contributed by atoms with Crippen LogP contribution in [0, 0.1) is 11.8 Å². The number of hydrogen-bond donors (Lipinski definition) is 5. The molecule has 0 aromatic rings. The second-order valence-electron chi connectivity index (χ2n) is 6.04. The third-order valence-electron chi connectivity index (χ3n) is 4.49. The van der Waals surface area contributed by atoms with Crippen LogP contribution in [0.15, 0.2) is 24.5 Å². The zero-order valence-corrected chi connectivity index (χ0v) is 13.7. The number of hydrogen-bond acceptors (Lipinski definition) is 9. The molecule has 0 aliphatic carbocycles. The maximum Gasteiger partial charge on any atom is 0.335 e. The average molecular weight is 374 g/mol. The fraction of sp³-hybridized carbons (Fsp3) is 0.625. The van der Waals surface area contributed by atoms with Gasteiger partial charge in [-0.2, -0.15) is 0 Å². The summed E-state index contributed by atoms with van der Waals surface area (Å²) in [5, 5.41) is 48.0. The van der Waals surface area contributed by atoms with Gasteiger partial charge >= 0.3 is 5.97 Å². The Hall–Kier alpha value is -1.82. The molecule has 0 aromatic carbocycles. The largest absolute Gasteiger partial charge is 0.478 e. The second-order valence-corrected chi connectivity index (χ2v) is 6.04. The first-order chi connectivity index (χ1) is 12.3. The summed E-state index contributed by atoms with van der Waals surface area (Å²) < 4.78 is 16.0. The van der Waals surface area contributed by atoms with Crippen LogP contribution in [0.2, 0.25) is 0 Å². The molecular formula is C16H22O10. The van der Waals surface area contributed by atoms with Crippen molar-refractivity contribution in [2.24, 2.45) is 11.8 Å². The highest BCUT2D eigenvalue weighted by Crippen LogP contribution is 2.36. The zero-order chi connectivity index (χ0) is 19.4. The fourth-order valence-electron chi connectivity index (χ4n) is 3.02. The van der Waals surface area contributed by atoms with Crippen LogP contribution in [-0.4, -0.2) is 81.4 Å². The quantitative estimate of drug-likeness (QED) is 0.252. The second kappa shape index (κ2) is 8.71. The number of aliphatic hydroxyl groups excluding tert-OH is 4. The molecule has 2 heterocycles. The molecule has 3 unspecified atom stereocenters. The molecule has 10 nitrogen and oxygen atoms in total.